The van der Waals surface area contributed by atoms with Crippen molar-refractivity contribution in [2.24, 2.45) is 5.92 Å². The van der Waals surface area contributed by atoms with Crippen molar-refractivity contribution in [1.29, 1.82) is 0 Å². The van der Waals surface area contributed by atoms with Crippen LogP contribution in [0.3, 0.4) is 0 Å². The maximum Gasteiger partial charge on any atom is 0.180 e. The average molecular weight is 422 g/mol. The molecule has 0 saturated heterocycles. The zero-order chi connectivity index (χ0) is 20.7. The van der Waals surface area contributed by atoms with E-state index in [-0.39, 0.29) is 5.75 Å². The van der Waals surface area contributed by atoms with Crippen molar-refractivity contribution in [2.45, 2.75) is 37.6 Å². The SMILES string of the molecule is Cc1ccc2nc(N3CCS(=O)(=O)c4ccccc4C3)cc(NCC3CCC3)c2c1. The summed E-state index contributed by atoms with van der Waals surface area (Å²) < 4.78 is 25.5. The first-order valence-corrected chi connectivity index (χ1v) is 12.4. The number of benzene rings is 2. The smallest absolute Gasteiger partial charge is 0.180 e. The second-order valence-corrected chi connectivity index (χ2v) is 10.7. The largest absolute Gasteiger partial charge is 0.384 e. The fourth-order valence-corrected chi connectivity index (χ4v) is 5.84. The maximum atomic E-state index is 12.7. The normalized spacial score (nSPS) is 18.5. The van der Waals surface area contributed by atoms with E-state index < -0.39 is 9.84 Å². The first kappa shape index (κ1) is 19.4. The van der Waals surface area contributed by atoms with Crippen LogP contribution in [0.5, 0.6) is 0 Å². The minimum absolute atomic E-state index is 0.0997. The highest BCUT2D eigenvalue weighted by Crippen LogP contribution is 2.33. The molecule has 2 aliphatic rings. The summed E-state index contributed by atoms with van der Waals surface area (Å²) >= 11 is 0. The summed E-state index contributed by atoms with van der Waals surface area (Å²) in [5, 5.41) is 4.79. The molecule has 1 fully saturated rings. The van der Waals surface area contributed by atoms with Crippen LogP contribution in [0.1, 0.15) is 30.4 Å². The van der Waals surface area contributed by atoms with Crippen molar-refractivity contribution < 1.29 is 8.42 Å². The quantitative estimate of drug-likeness (QED) is 0.670. The number of hydrogen-bond donors (Lipinski definition) is 1. The molecule has 0 radical (unpaired) electrons. The van der Waals surface area contributed by atoms with Crippen LogP contribution >= 0.6 is 0 Å². The Morgan fingerprint density at radius 2 is 1.97 bits per heavy atom. The number of fused-ring (bicyclic) bond motifs is 2. The maximum absolute atomic E-state index is 12.7. The number of nitrogens with one attached hydrogen (secondary N) is 1. The van der Waals surface area contributed by atoms with Gasteiger partial charge in [-0.3, -0.25) is 0 Å². The van der Waals surface area contributed by atoms with E-state index in [0.29, 0.717) is 18.0 Å². The van der Waals surface area contributed by atoms with E-state index in [1.54, 1.807) is 12.1 Å². The fraction of sp³-hybridized carbons (Fsp3) is 0.375. The number of rotatable bonds is 4. The molecule has 0 amide bonds. The van der Waals surface area contributed by atoms with Gasteiger partial charge in [0.1, 0.15) is 5.82 Å². The Morgan fingerprint density at radius 1 is 1.13 bits per heavy atom. The highest BCUT2D eigenvalue weighted by Gasteiger charge is 2.26. The van der Waals surface area contributed by atoms with Crippen LogP contribution in [0.15, 0.2) is 53.4 Å². The molecular formula is C24H27N3O2S. The number of nitrogens with zero attached hydrogens (tertiary/aromatic N) is 2. The topological polar surface area (TPSA) is 62.3 Å². The third-order valence-corrected chi connectivity index (χ3v) is 8.17. The summed E-state index contributed by atoms with van der Waals surface area (Å²) in [7, 11) is -3.28. The molecule has 2 heterocycles. The molecule has 2 aromatic carbocycles. The van der Waals surface area contributed by atoms with E-state index >= 15 is 0 Å². The lowest BCUT2D eigenvalue weighted by Gasteiger charge is -2.27. The molecule has 1 N–H and O–H groups in total. The van der Waals surface area contributed by atoms with Gasteiger partial charge in [-0.25, -0.2) is 13.4 Å². The van der Waals surface area contributed by atoms with Crippen LogP contribution in [0.2, 0.25) is 0 Å². The highest BCUT2D eigenvalue weighted by molar-refractivity contribution is 7.91. The summed E-state index contributed by atoms with van der Waals surface area (Å²) in [6.07, 6.45) is 3.92. The predicted molar refractivity (Wildman–Crippen MR) is 122 cm³/mol. The summed E-state index contributed by atoms with van der Waals surface area (Å²) in [6.45, 7) is 4.05. The second-order valence-electron chi connectivity index (χ2n) is 8.57. The summed E-state index contributed by atoms with van der Waals surface area (Å²) in [5.41, 5.74) is 4.07. The van der Waals surface area contributed by atoms with E-state index in [2.05, 4.69) is 41.4 Å². The van der Waals surface area contributed by atoms with Crippen molar-refractivity contribution in [1.82, 2.24) is 4.98 Å². The van der Waals surface area contributed by atoms with Gasteiger partial charge in [0.25, 0.3) is 0 Å². The van der Waals surface area contributed by atoms with Crippen LogP contribution in [-0.4, -0.2) is 32.2 Å². The average Bonchev–Trinajstić information content (AvgIpc) is 2.83. The first-order valence-electron chi connectivity index (χ1n) is 10.7. The molecular weight excluding hydrogens is 394 g/mol. The molecule has 5 nitrogen and oxygen atoms in total. The molecule has 1 aliphatic heterocycles. The number of sulfone groups is 1. The summed E-state index contributed by atoms with van der Waals surface area (Å²) in [5.74, 6) is 1.67. The second kappa shape index (κ2) is 7.58. The highest BCUT2D eigenvalue weighted by atomic mass is 32.2. The van der Waals surface area contributed by atoms with Gasteiger partial charge in [0.15, 0.2) is 9.84 Å². The van der Waals surface area contributed by atoms with Crippen LogP contribution in [0, 0.1) is 12.8 Å². The molecule has 0 unspecified atom stereocenters. The molecule has 1 saturated carbocycles. The molecule has 3 aromatic rings. The van der Waals surface area contributed by atoms with Crippen LogP contribution < -0.4 is 10.2 Å². The molecule has 1 aromatic heterocycles. The lowest BCUT2D eigenvalue weighted by molar-refractivity contribution is 0.333. The van der Waals surface area contributed by atoms with E-state index in [4.69, 9.17) is 4.98 Å². The van der Waals surface area contributed by atoms with E-state index in [0.717, 1.165) is 40.4 Å². The molecule has 0 spiro atoms. The van der Waals surface area contributed by atoms with Crippen molar-refractivity contribution in [2.75, 3.05) is 29.1 Å². The summed E-state index contributed by atoms with van der Waals surface area (Å²) in [6, 6.07) is 15.7. The Kier molecular flexibility index (Phi) is 4.89. The molecule has 1 aliphatic carbocycles. The van der Waals surface area contributed by atoms with Crippen LogP contribution in [0.25, 0.3) is 10.9 Å². The summed E-state index contributed by atoms with van der Waals surface area (Å²) in [4.78, 5) is 7.46. The van der Waals surface area contributed by atoms with E-state index in [9.17, 15) is 8.42 Å². The molecule has 156 valence electrons. The molecule has 6 heteroatoms. The van der Waals surface area contributed by atoms with E-state index in [1.807, 2.05) is 12.1 Å². The Morgan fingerprint density at radius 3 is 2.77 bits per heavy atom. The fourth-order valence-electron chi connectivity index (χ4n) is 4.34. The zero-order valence-electron chi connectivity index (χ0n) is 17.3. The number of aryl methyl sites for hydroxylation is 1. The van der Waals surface area contributed by atoms with Crippen molar-refractivity contribution in [3.8, 4) is 0 Å². The van der Waals surface area contributed by atoms with Crippen LogP contribution in [-0.2, 0) is 16.4 Å². The predicted octanol–water partition coefficient (Wildman–Crippen LogP) is 4.55. The Balaban J connectivity index is 1.54. The van der Waals surface area contributed by atoms with Crippen LogP contribution in [0.4, 0.5) is 11.5 Å². The van der Waals surface area contributed by atoms with Gasteiger partial charge in [0, 0.05) is 36.8 Å². The van der Waals surface area contributed by atoms with Crippen molar-refractivity contribution in [3.63, 3.8) is 0 Å². The van der Waals surface area contributed by atoms with E-state index in [1.165, 1.54) is 24.8 Å². The van der Waals surface area contributed by atoms with Gasteiger partial charge < -0.3 is 10.2 Å². The van der Waals surface area contributed by atoms with Gasteiger partial charge >= 0.3 is 0 Å². The van der Waals surface area contributed by atoms with Gasteiger partial charge in [-0.15, -0.1) is 0 Å². The number of anilines is 2. The number of pyridine rings is 1. The lowest BCUT2D eigenvalue weighted by atomic mass is 9.85. The molecule has 5 rings (SSSR count). The number of aromatic nitrogens is 1. The van der Waals surface area contributed by atoms with Crippen molar-refractivity contribution >= 4 is 32.2 Å². The molecule has 30 heavy (non-hydrogen) atoms. The monoisotopic (exact) mass is 421 g/mol. The van der Waals surface area contributed by atoms with Gasteiger partial charge in [-0.1, -0.05) is 36.2 Å². The van der Waals surface area contributed by atoms with Gasteiger partial charge in [-0.05, 0) is 49.4 Å². The van der Waals surface area contributed by atoms with Gasteiger partial charge in [0.05, 0.1) is 16.2 Å². The van der Waals surface area contributed by atoms with Crippen molar-refractivity contribution in [3.05, 3.63) is 59.7 Å². The number of hydrogen-bond acceptors (Lipinski definition) is 5. The minimum atomic E-state index is -3.28. The molecule has 0 bridgehead atoms. The molecule has 0 atom stereocenters. The Hall–Kier alpha value is -2.60. The lowest BCUT2D eigenvalue weighted by Crippen LogP contribution is -2.27. The van der Waals surface area contributed by atoms with Gasteiger partial charge in [-0.2, -0.15) is 0 Å². The Bertz CT molecular complexity index is 1200. The first-order chi connectivity index (χ1) is 14.5. The third-order valence-electron chi connectivity index (χ3n) is 6.38. The third kappa shape index (κ3) is 3.65. The zero-order valence-corrected chi connectivity index (χ0v) is 18.1. The van der Waals surface area contributed by atoms with Gasteiger partial charge in [0.2, 0.25) is 0 Å². The standard InChI is InChI=1S/C24H27N3O2S/c1-17-9-10-21-20(13-17)22(25-15-18-5-4-6-18)14-24(26-21)27-11-12-30(28,29)23-8-3-2-7-19(23)16-27/h2-3,7-10,13-14,18H,4-6,11-12,15-16H2,1H3,(H,25,26). The Labute approximate surface area is 178 Å². The minimum Gasteiger partial charge on any atom is -0.384 e.